The molecule has 4 heterocycles. The molecule has 2 aliphatic rings. The summed E-state index contributed by atoms with van der Waals surface area (Å²) in [6.45, 7) is -1.29. The Labute approximate surface area is 181 Å². The fourth-order valence-electron chi connectivity index (χ4n) is 3.36. The number of aliphatic hydroxyl groups excluding tert-OH is 1. The van der Waals surface area contributed by atoms with Crippen LogP contribution in [0.25, 0.3) is 11.2 Å². The van der Waals surface area contributed by atoms with Gasteiger partial charge < -0.3 is 39.9 Å². The molecule has 2 aromatic heterocycles. The Morgan fingerprint density at radius 1 is 1.24 bits per heavy atom. The van der Waals surface area contributed by atoms with Gasteiger partial charge in [0.25, 0.3) is 5.56 Å². The second-order valence-corrected chi connectivity index (χ2v) is 11.4. The average molecular weight is 535 g/mol. The highest BCUT2D eigenvalue weighted by Crippen LogP contribution is 2.66. The van der Waals surface area contributed by atoms with Crippen LogP contribution in [-0.4, -0.2) is 75.2 Å². The molecule has 0 saturated carbocycles. The first-order valence-electron chi connectivity index (χ1n) is 8.60. The van der Waals surface area contributed by atoms with E-state index in [1.54, 1.807) is 0 Å². The summed E-state index contributed by atoms with van der Waals surface area (Å²) in [4.78, 5) is 58.1. The van der Waals surface area contributed by atoms with Crippen LogP contribution >= 0.6 is 23.5 Å². The van der Waals surface area contributed by atoms with Gasteiger partial charge in [-0.2, -0.15) is 13.6 Å². The lowest BCUT2D eigenvalue weighted by atomic mass is 10.0. The number of hydrogen-bond acceptors (Lipinski definition) is 13. The van der Waals surface area contributed by atoms with Crippen LogP contribution < -0.4 is 11.3 Å². The fourth-order valence-corrected chi connectivity index (χ4v) is 6.44. The second kappa shape index (κ2) is 8.00. The lowest BCUT2D eigenvalue weighted by molar-refractivity contribution is -0.183. The maximum absolute atomic E-state index is 12.0. The number of nitrogens with two attached hydrogens (primary N) is 1. The normalized spacial score (nSPS) is 31.0. The number of anilines is 1. The van der Waals surface area contributed by atoms with E-state index in [9.17, 15) is 33.4 Å². The Morgan fingerprint density at radius 3 is 2.61 bits per heavy atom. The number of imidazole rings is 1. The number of H-pyrrole nitrogens is 1. The summed E-state index contributed by atoms with van der Waals surface area (Å²) in [5.74, 6) is -0.221. The van der Waals surface area contributed by atoms with E-state index in [0.717, 1.165) is 0 Å². The molecule has 4 rings (SSSR count). The van der Waals surface area contributed by atoms with Gasteiger partial charge in [0, 0.05) is 0 Å². The van der Waals surface area contributed by atoms with Crippen LogP contribution in [0.2, 0.25) is 0 Å². The van der Waals surface area contributed by atoms with Gasteiger partial charge in [0.15, 0.2) is 17.4 Å². The molecule has 0 spiro atoms. The zero-order chi connectivity index (χ0) is 24.4. The maximum atomic E-state index is 12.0. The van der Waals surface area contributed by atoms with Crippen LogP contribution in [0.1, 0.15) is 6.23 Å². The third-order valence-electron chi connectivity index (χ3n) is 4.62. The van der Waals surface area contributed by atoms with Gasteiger partial charge in [-0.15, -0.1) is 0 Å². The molecule has 8 N–H and O–H groups in total. The summed E-state index contributed by atoms with van der Waals surface area (Å²) in [5, 5.41) is 10.6. The zero-order valence-corrected chi connectivity index (χ0v) is 18.6. The van der Waals surface area contributed by atoms with Crippen molar-refractivity contribution in [3.8, 4) is 0 Å². The number of ether oxygens (including phenoxy) is 2. The number of phosphoric acid groups is 3. The molecule has 0 aromatic carbocycles. The van der Waals surface area contributed by atoms with Gasteiger partial charge in [0.2, 0.25) is 5.95 Å². The van der Waals surface area contributed by atoms with Crippen LogP contribution in [0.5, 0.6) is 0 Å². The first-order chi connectivity index (χ1) is 15.1. The molecule has 0 amide bonds. The fraction of sp³-hybridized carbons (Fsp3) is 0.545. The quantitative estimate of drug-likeness (QED) is 0.181. The van der Waals surface area contributed by atoms with Gasteiger partial charge in [0.05, 0.1) is 19.5 Å². The highest BCUT2D eigenvalue weighted by atomic mass is 31.3. The van der Waals surface area contributed by atoms with E-state index in [1.165, 1.54) is 10.9 Å². The van der Waals surface area contributed by atoms with E-state index >= 15 is 0 Å². The number of fused-ring (bicyclic) bond motifs is 3. The lowest BCUT2D eigenvalue weighted by Crippen LogP contribution is -2.44. The molecule has 2 bridgehead atoms. The van der Waals surface area contributed by atoms with Crippen molar-refractivity contribution >= 4 is 40.6 Å². The summed E-state index contributed by atoms with van der Waals surface area (Å²) in [5.41, 5.74) is 3.02. The maximum Gasteiger partial charge on any atom is 0.490 e. The highest BCUT2D eigenvalue weighted by Gasteiger charge is 2.63. The zero-order valence-electron chi connectivity index (χ0n) is 15.9. The average Bonchev–Trinajstić information content (AvgIpc) is 3.27. The Hall–Kier alpha value is -1.56. The minimum absolute atomic E-state index is 0.00682. The molecule has 6 atom stereocenters. The predicted octanol–water partition coefficient (Wildman–Crippen LogP) is -1.93. The van der Waals surface area contributed by atoms with Crippen molar-refractivity contribution in [3.63, 3.8) is 0 Å². The van der Waals surface area contributed by atoms with E-state index < -0.39 is 59.7 Å². The third kappa shape index (κ3) is 4.82. The van der Waals surface area contributed by atoms with Gasteiger partial charge >= 0.3 is 23.5 Å². The monoisotopic (exact) mass is 535 g/mol. The number of nitrogen functional groups attached to an aromatic ring is 1. The lowest BCUT2D eigenvalue weighted by Gasteiger charge is -2.31. The SMILES string of the molecule is Nc1nc2c(ncn2[C@@H]2O[C@@]3(COP(=O)(O)OP(=O)(O)OP(=O)(O)O)CO[C@@H]2[C@@H]3O)c(=O)[nH]1. The minimum atomic E-state index is -5.72. The number of phosphoric ester groups is 1. The van der Waals surface area contributed by atoms with Crippen molar-refractivity contribution in [2.45, 2.75) is 24.0 Å². The number of aromatic nitrogens is 4. The molecule has 0 aliphatic carbocycles. The van der Waals surface area contributed by atoms with Crippen molar-refractivity contribution in [1.82, 2.24) is 19.5 Å². The number of hydrogen-bond donors (Lipinski definition) is 7. The molecule has 33 heavy (non-hydrogen) atoms. The van der Waals surface area contributed by atoms with E-state index in [-0.39, 0.29) is 23.7 Å². The number of rotatable bonds is 8. The first-order valence-corrected chi connectivity index (χ1v) is 13.1. The molecule has 2 saturated heterocycles. The van der Waals surface area contributed by atoms with Gasteiger partial charge in [-0.1, -0.05) is 0 Å². The predicted molar refractivity (Wildman–Crippen MR) is 101 cm³/mol. The van der Waals surface area contributed by atoms with Crippen molar-refractivity contribution in [2.24, 2.45) is 0 Å². The number of nitrogens with one attached hydrogen (secondary N) is 1. The Morgan fingerprint density at radius 2 is 1.94 bits per heavy atom. The Kier molecular flexibility index (Phi) is 5.95. The molecule has 22 heteroatoms. The van der Waals surface area contributed by atoms with Crippen LogP contribution in [0, 0.1) is 0 Å². The third-order valence-corrected chi connectivity index (χ3v) is 8.40. The summed E-state index contributed by atoms with van der Waals surface area (Å²) in [6, 6.07) is 0. The Balaban J connectivity index is 1.52. The van der Waals surface area contributed by atoms with E-state index in [4.69, 9.17) is 25.0 Å². The van der Waals surface area contributed by atoms with Crippen molar-refractivity contribution in [2.75, 3.05) is 18.9 Å². The van der Waals surface area contributed by atoms with Crippen LogP contribution in [0.15, 0.2) is 11.1 Å². The molecular formula is C11H16N5O14P3. The van der Waals surface area contributed by atoms with Gasteiger partial charge in [-0.3, -0.25) is 18.9 Å². The minimum Gasteiger partial charge on any atom is -0.387 e. The van der Waals surface area contributed by atoms with Gasteiger partial charge in [0.1, 0.15) is 17.8 Å². The van der Waals surface area contributed by atoms with Crippen molar-refractivity contribution in [3.05, 3.63) is 16.7 Å². The topological polar surface area (TPSA) is 288 Å². The molecule has 19 nitrogen and oxygen atoms in total. The first kappa shape index (κ1) is 24.6. The summed E-state index contributed by atoms with van der Waals surface area (Å²) < 4.78 is 58.4. The standard InChI is InChI=1S/C11H16N5O14P3/c12-10-14-7-4(8(18)15-10)13-3-16(7)9-5-6(17)11(28-9,1-26-5)2-27-32(22,23)30-33(24,25)29-31(19,20)21/h3,5-6,9,17H,1-2H2,(H,22,23)(H,24,25)(H2,19,20,21)(H3,12,14,15,18)/t5-,6+,9-,11-/m1/s1. The van der Waals surface area contributed by atoms with Gasteiger partial charge in [-0.05, 0) is 0 Å². The second-order valence-electron chi connectivity index (χ2n) is 6.93. The summed E-state index contributed by atoms with van der Waals surface area (Å²) in [6.07, 6.45) is -2.51. The molecular weight excluding hydrogens is 519 g/mol. The van der Waals surface area contributed by atoms with E-state index in [0.29, 0.717) is 0 Å². The molecule has 184 valence electrons. The smallest absolute Gasteiger partial charge is 0.387 e. The Bertz CT molecular complexity index is 1290. The summed E-state index contributed by atoms with van der Waals surface area (Å²) >= 11 is 0. The largest absolute Gasteiger partial charge is 0.490 e. The van der Waals surface area contributed by atoms with Crippen molar-refractivity contribution in [1.29, 1.82) is 0 Å². The van der Waals surface area contributed by atoms with Crippen LogP contribution in [0.3, 0.4) is 0 Å². The number of aliphatic hydroxyl groups is 1. The molecule has 2 aliphatic heterocycles. The van der Waals surface area contributed by atoms with E-state index in [2.05, 4.69) is 28.1 Å². The molecule has 2 fully saturated rings. The molecule has 2 unspecified atom stereocenters. The van der Waals surface area contributed by atoms with Gasteiger partial charge in [-0.25, -0.2) is 18.7 Å². The molecule has 2 aromatic rings. The van der Waals surface area contributed by atoms with Crippen LogP contribution in [-0.2, 0) is 36.3 Å². The molecule has 0 radical (unpaired) electrons. The highest BCUT2D eigenvalue weighted by molar-refractivity contribution is 7.66. The number of nitrogens with zero attached hydrogens (tertiary/aromatic N) is 3. The number of aromatic amines is 1. The van der Waals surface area contributed by atoms with Crippen LogP contribution in [0.4, 0.5) is 5.95 Å². The van der Waals surface area contributed by atoms with E-state index in [1.807, 2.05) is 0 Å². The summed E-state index contributed by atoms with van der Waals surface area (Å²) in [7, 11) is -16.7. The van der Waals surface area contributed by atoms with Crippen molar-refractivity contribution < 1.29 is 61.0 Å².